The van der Waals surface area contributed by atoms with Gasteiger partial charge >= 0.3 is 0 Å². The molecule has 0 aliphatic carbocycles. The van der Waals surface area contributed by atoms with E-state index < -0.39 is 0 Å². The molecule has 136 valence electrons. The zero-order valence-electron chi connectivity index (χ0n) is 14.5. The van der Waals surface area contributed by atoms with Crippen LogP contribution in [0, 0.1) is 0 Å². The van der Waals surface area contributed by atoms with Crippen molar-refractivity contribution in [2.45, 2.75) is 0 Å². The third-order valence-corrected chi connectivity index (χ3v) is 4.57. The monoisotopic (exact) mass is 362 g/mol. The number of rotatable bonds is 4. The summed E-state index contributed by atoms with van der Waals surface area (Å²) in [5.41, 5.74) is 3.47. The fourth-order valence-corrected chi connectivity index (χ4v) is 3.19. The molecule has 0 unspecified atom stereocenters. The highest BCUT2D eigenvalue weighted by Gasteiger charge is 2.13. The summed E-state index contributed by atoms with van der Waals surface area (Å²) in [5, 5.41) is 10.1. The Morgan fingerprint density at radius 3 is 2.74 bits per heavy atom. The van der Waals surface area contributed by atoms with E-state index in [2.05, 4.69) is 35.4 Å². The molecule has 4 aromatic heterocycles. The minimum absolute atomic E-state index is 0.674. The molecule has 1 aliphatic rings. The van der Waals surface area contributed by atoms with E-state index in [0.29, 0.717) is 5.82 Å². The van der Waals surface area contributed by atoms with Crippen LogP contribution in [0.3, 0.4) is 0 Å². The summed E-state index contributed by atoms with van der Waals surface area (Å²) in [7, 11) is 0. The normalized spacial score (nSPS) is 14.6. The molecule has 5 rings (SSSR count). The van der Waals surface area contributed by atoms with E-state index in [-0.39, 0.29) is 0 Å². The number of nitrogens with zero attached hydrogens (tertiary/aromatic N) is 6. The second-order valence-electron chi connectivity index (χ2n) is 6.23. The summed E-state index contributed by atoms with van der Waals surface area (Å²) < 4.78 is 7.37. The first-order valence-corrected chi connectivity index (χ1v) is 8.75. The number of hydrogen-bond donors (Lipinski definition) is 2. The van der Waals surface area contributed by atoms with Gasteiger partial charge in [0.25, 0.3) is 0 Å². The number of aromatic nitrogens is 6. The molecular formula is C18H18N8O. The van der Waals surface area contributed by atoms with Crippen molar-refractivity contribution in [1.82, 2.24) is 29.5 Å². The zero-order chi connectivity index (χ0) is 18.1. The first-order valence-electron chi connectivity index (χ1n) is 8.75. The van der Waals surface area contributed by atoms with Crippen LogP contribution in [0.25, 0.3) is 16.9 Å². The second-order valence-corrected chi connectivity index (χ2v) is 6.23. The molecule has 2 N–H and O–H groups in total. The SMILES string of the molecule is c1cn2c(-c3cn[nH]c3)cnc(Nc3ccc(N4CCOCC4)nc3)c2n1. The Labute approximate surface area is 155 Å². The molecule has 4 aromatic rings. The Morgan fingerprint density at radius 2 is 1.96 bits per heavy atom. The minimum Gasteiger partial charge on any atom is -0.378 e. The van der Waals surface area contributed by atoms with Crippen molar-refractivity contribution < 1.29 is 4.74 Å². The van der Waals surface area contributed by atoms with Gasteiger partial charge in [-0.25, -0.2) is 15.0 Å². The van der Waals surface area contributed by atoms with Crippen LogP contribution in [-0.4, -0.2) is 55.9 Å². The minimum atomic E-state index is 0.674. The van der Waals surface area contributed by atoms with Crippen LogP contribution in [0.5, 0.6) is 0 Å². The maximum absolute atomic E-state index is 5.39. The number of fused-ring (bicyclic) bond motifs is 1. The highest BCUT2D eigenvalue weighted by molar-refractivity contribution is 5.73. The van der Waals surface area contributed by atoms with Crippen LogP contribution in [0.4, 0.5) is 17.3 Å². The summed E-state index contributed by atoms with van der Waals surface area (Å²) in [6.07, 6.45) is 10.9. The molecule has 0 bridgehead atoms. The second kappa shape index (κ2) is 6.69. The molecule has 9 heteroatoms. The fourth-order valence-electron chi connectivity index (χ4n) is 3.19. The summed E-state index contributed by atoms with van der Waals surface area (Å²) in [4.78, 5) is 15.8. The first-order chi connectivity index (χ1) is 13.4. The van der Waals surface area contributed by atoms with Crippen LogP contribution in [0.15, 0.2) is 49.3 Å². The maximum atomic E-state index is 5.39. The predicted molar refractivity (Wildman–Crippen MR) is 101 cm³/mol. The topological polar surface area (TPSA) is 96.3 Å². The standard InChI is InChI=1S/C18H18N8O/c1-2-16(25-5-7-27-8-6-25)20-11-14(1)24-17-18-19-3-4-26(18)15(12-21-17)13-9-22-23-10-13/h1-4,9-12H,5-8H2,(H,21,24)(H,22,23). The van der Waals surface area contributed by atoms with E-state index >= 15 is 0 Å². The van der Waals surface area contributed by atoms with Crippen molar-refractivity contribution in [2.75, 3.05) is 36.5 Å². The third-order valence-electron chi connectivity index (χ3n) is 4.57. The molecule has 0 spiro atoms. The van der Waals surface area contributed by atoms with Crippen molar-refractivity contribution in [1.29, 1.82) is 0 Å². The van der Waals surface area contributed by atoms with Gasteiger partial charge in [-0.1, -0.05) is 0 Å². The number of aromatic amines is 1. The maximum Gasteiger partial charge on any atom is 0.180 e. The van der Waals surface area contributed by atoms with Gasteiger partial charge in [0.2, 0.25) is 0 Å². The number of ether oxygens (including phenoxy) is 1. The number of anilines is 3. The van der Waals surface area contributed by atoms with Crippen LogP contribution >= 0.6 is 0 Å². The Kier molecular flexibility index (Phi) is 3.91. The first kappa shape index (κ1) is 15.8. The van der Waals surface area contributed by atoms with Crippen molar-refractivity contribution in [3.05, 3.63) is 49.3 Å². The van der Waals surface area contributed by atoms with Crippen molar-refractivity contribution >= 4 is 23.0 Å². The van der Waals surface area contributed by atoms with Crippen LogP contribution < -0.4 is 10.2 Å². The van der Waals surface area contributed by atoms with E-state index in [4.69, 9.17) is 4.74 Å². The Bertz CT molecular complexity index is 1040. The van der Waals surface area contributed by atoms with Crippen LogP contribution in [-0.2, 0) is 4.74 Å². The molecule has 0 saturated carbocycles. The van der Waals surface area contributed by atoms with Crippen molar-refractivity contribution in [2.24, 2.45) is 0 Å². The van der Waals surface area contributed by atoms with Crippen molar-refractivity contribution in [3.8, 4) is 11.3 Å². The lowest BCUT2D eigenvalue weighted by Crippen LogP contribution is -2.36. The number of hydrogen-bond acceptors (Lipinski definition) is 7. The lowest BCUT2D eigenvalue weighted by Gasteiger charge is -2.27. The molecule has 5 heterocycles. The molecule has 0 radical (unpaired) electrons. The molecule has 9 nitrogen and oxygen atoms in total. The molecular weight excluding hydrogens is 344 g/mol. The highest BCUT2D eigenvalue weighted by Crippen LogP contribution is 2.25. The van der Waals surface area contributed by atoms with Gasteiger partial charge < -0.3 is 15.0 Å². The highest BCUT2D eigenvalue weighted by atomic mass is 16.5. The van der Waals surface area contributed by atoms with Crippen LogP contribution in [0.1, 0.15) is 0 Å². The molecule has 27 heavy (non-hydrogen) atoms. The summed E-state index contributed by atoms with van der Waals surface area (Å²) in [5.74, 6) is 1.63. The van der Waals surface area contributed by atoms with E-state index in [1.165, 1.54) is 0 Å². The van der Waals surface area contributed by atoms with Gasteiger partial charge in [-0.3, -0.25) is 9.50 Å². The molecule has 0 atom stereocenters. The zero-order valence-corrected chi connectivity index (χ0v) is 14.5. The van der Waals surface area contributed by atoms with E-state index in [0.717, 1.165) is 54.7 Å². The lowest BCUT2D eigenvalue weighted by molar-refractivity contribution is 0.122. The molecule has 1 saturated heterocycles. The molecule has 1 aliphatic heterocycles. The summed E-state index contributed by atoms with van der Waals surface area (Å²) >= 11 is 0. The quantitative estimate of drug-likeness (QED) is 0.574. The smallest absolute Gasteiger partial charge is 0.180 e. The molecule has 0 aromatic carbocycles. The Balaban J connectivity index is 1.42. The van der Waals surface area contributed by atoms with Gasteiger partial charge in [0.15, 0.2) is 11.5 Å². The number of imidazole rings is 1. The van der Waals surface area contributed by atoms with Gasteiger partial charge in [0.05, 0.1) is 43.2 Å². The van der Waals surface area contributed by atoms with E-state index in [1.807, 2.05) is 35.1 Å². The predicted octanol–water partition coefficient (Wildman–Crippen LogP) is 2.09. The average Bonchev–Trinajstić information content (AvgIpc) is 3.42. The van der Waals surface area contributed by atoms with Gasteiger partial charge in [-0.15, -0.1) is 0 Å². The molecule has 1 fully saturated rings. The number of H-pyrrole nitrogens is 1. The van der Waals surface area contributed by atoms with Crippen LogP contribution in [0.2, 0.25) is 0 Å². The summed E-state index contributed by atoms with van der Waals surface area (Å²) in [6, 6.07) is 4.01. The molecule has 0 amide bonds. The number of morpholine rings is 1. The van der Waals surface area contributed by atoms with Gasteiger partial charge in [-0.05, 0) is 12.1 Å². The number of pyridine rings is 1. The van der Waals surface area contributed by atoms with E-state index in [1.54, 1.807) is 18.6 Å². The van der Waals surface area contributed by atoms with Gasteiger partial charge in [0.1, 0.15) is 5.82 Å². The Morgan fingerprint density at radius 1 is 1.04 bits per heavy atom. The average molecular weight is 362 g/mol. The lowest BCUT2D eigenvalue weighted by atomic mass is 10.2. The fraction of sp³-hybridized carbons (Fsp3) is 0.222. The third kappa shape index (κ3) is 2.97. The Hall–Kier alpha value is -3.46. The van der Waals surface area contributed by atoms with Crippen molar-refractivity contribution in [3.63, 3.8) is 0 Å². The van der Waals surface area contributed by atoms with Gasteiger partial charge in [-0.2, -0.15) is 5.10 Å². The van der Waals surface area contributed by atoms with E-state index in [9.17, 15) is 0 Å². The number of nitrogens with one attached hydrogen (secondary N) is 2. The van der Waals surface area contributed by atoms with Gasteiger partial charge in [0, 0.05) is 37.2 Å². The summed E-state index contributed by atoms with van der Waals surface area (Å²) in [6.45, 7) is 3.22. The largest absolute Gasteiger partial charge is 0.378 e.